The van der Waals surface area contributed by atoms with E-state index in [0.717, 1.165) is 5.46 Å². The van der Waals surface area contributed by atoms with E-state index in [0.29, 0.717) is 16.2 Å². The Balaban J connectivity index is 2.06. The second-order valence-corrected chi connectivity index (χ2v) is 6.35. The smallest absolute Gasteiger partial charge is 0.323 e. The van der Waals surface area contributed by atoms with Crippen LogP contribution >= 0.6 is 0 Å². The summed E-state index contributed by atoms with van der Waals surface area (Å²) in [6.45, 7) is 2.68. The van der Waals surface area contributed by atoms with Crippen molar-refractivity contribution in [3.05, 3.63) is 53.8 Å². The maximum atomic E-state index is 13.3. The summed E-state index contributed by atoms with van der Waals surface area (Å²) in [6.07, 6.45) is 2.98. The Morgan fingerprint density at radius 2 is 1.81 bits per heavy atom. The summed E-state index contributed by atoms with van der Waals surface area (Å²) in [5, 5.41) is 9.00. The number of rotatable bonds is 4. The molecule has 27 heavy (non-hydrogen) atoms. The summed E-state index contributed by atoms with van der Waals surface area (Å²) >= 11 is 0. The van der Waals surface area contributed by atoms with Crippen molar-refractivity contribution < 1.29 is 24.3 Å². The van der Waals surface area contributed by atoms with Gasteiger partial charge in [-0.2, -0.15) is 0 Å². The van der Waals surface area contributed by atoms with E-state index in [2.05, 4.69) is 0 Å². The highest BCUT2D eigenvalue weighted by atomic mass is 16.4. The van der Waals surface area contributed by atoms with Gasteiger partial charge < -0.3 is 9.92 Å². The minimum Gasteiger partial charge on any atom is -0.480 e. The molecule has 1 aromatic rings. The van der Waals surface area contributed by atoms with Gasteiger partial charge in [0, 0.05) is 5.70 Å². The summed E-state index contributed by atoms with van der Waals surface area (Å²) in [5.41, 5.74) is 0.00368. The quantitative estimate of drug-likeness (QED) is 0.475. The predicted molar refractivity (Wildman–Crippen MR) is 97.6 cm³/mol. The highest BCUT2D eigenvalue weighted by molar-refractivity contribution is 6.55. The molecular formula is C19H18BN2O5. The molecule has 1 N–H and O–H groups in total. The SMILES string of the molecule is CC=C1/C(=C\C)N([B]c2ccccc2)C(=O)C12CC(=O)N(CC(=O)O)C2=O. The molecule has 2 heterocycles. The highest BCUT2D eigenvalue weighted by Gasteiger charge is 2.64. The van der Waals surface area contributed by atoms with Crippen LogP contribution in [-0.2, 0) is 19.2 Å². The summed E-state index contributed by atoms with van der Waals surface area (Å²) in [5.74, 6) is -3.29. The zero-order chi connectivity index (χ0) is 19.8. The van der Waals surface area contributed by atoms with Crippen LogP contribution in [0.3, 0.4) is 0 Å². The lowest BCUT2D eigenvalue weighted by Gasteiger charge is -2.21. The van der Waals surface area contributed by atoms with Crippen LogP contribution in [0.15, 0.2) is 53.8 Å². The van der Waals surface area contributed by atoms with Crippen molar-refractivity contribution in [1.29, 1.82) is 0 Å². The van der Waals surface area contributed by atoms with Gasteiger partial charge in [0.2, 0.25) is 11.8 Å². The number of imide groups is 1. The summed E-state index contributed by atoms with van der Waals surface area (Å²) in [7, 11) is 1.62. The molecule has 8 heteroatoms. The van der Waals surface area contributed by atoms with Crippen LogP contribution < -0.4 is 5.46 Å². The van der Waals surface area contributed by atoms with Crippen molar-refractivity contribution in [2.24, 2.45) is 5.41 Å². The first-order valence-corrected chi connectivity index (χ1v) is 8.50. The van der Waals surface area contributed by atoms with Gasteiger partial charge in [0.25, 0.3) is 13.3 Å². The van der Waals surface area contributed by atoms with Crippen LogP contribution in [0.25, 0.3) is 0 Å². The second kappa shape index (κ2) is 6.87. The minimum absolute atomic E-state index is 0.367. The third kappa shape index (κ3) is 2.77. The Morgan fingerprint density at radius 3 is 2.37 bits per heavy atom. The molecule has 0 aromatic heterocycles. The third-order valence-electron chi connectivity index (χ3n) is 4.84. The van der Waals surface area contributed by atoms with Crippen LogP contribution in [0.1, 0.15) is 20.3 Å². The van der Waals surface area contributed by atoms with E-state index in [9.17, 15) is 19.2 Å². The van der Waals surface area contributed by atoms with Gasteiger partial charge in [-0.05, 0) is 19.4 Å². The van der Waals surface area contributed by atoms with Gasteiger partial charge >= 0.3 is 5.97 Å². The van der Waals surface area contributed by atoms with Gasteiger partial charge in [0.05, 0.1) is 6.42 Å². The van der Waals surface area contributed by atoms with E-state index in [1.165, 1.54) is 4.81 Å². The first-order chi connectivity index (χ1) is 12.9. The molecule has 1 aromatic carbocycles. The average molecular weight is 365 g/mol. The first kappa shape index (κ1) is 18.6. The van der Waals surface area contributed by atoms with Crippen LogP contribution in [0, 0.1) is 5.41 Å². The fourth-order valence-corrected chi connectivity index (χ4v) is 3.70. The molecule has 1 atom stereocenters. The summed E-state index contributed by atoms with van der Waals surface area (Å²) in [4.78, 5) is 51.8. The molecule has 137 valence electrons. The van der Waals surface area contributed by atoms with Crippen molar-refractivity contribution in [1.82, 2.24) is 9.71 Å². The molecule has 2 aliphatic heterocycles. The Hall–Kier alpha value is -3.16. The molecule has 1 radical (unpaired) electrons. The lowest BCUT2D eigenvalue weighted by molar-refractivity contribution is -0.151. The van der Waals surface area contributed by atoms with Gasteiger partial charge in [-0.1, -0.05) is 47.9 Å². The van der Waals surface area contributed by atoms with Gasteiger partial charge in [-0.3, -0.25) is 24.1 Å². The number of carbonyl (C=O) groups excluding carboxylic acids is 3. The van der Waals surface area contributed by atoms with E-state index >= 15 is 0 Å². The zero-order valence-corrected chi connectivity index (χ0v) is 15.0. The largest absolute Gasteiger partial charge is 0.480 e. The number of likely N-dealkylation sites (tertiary alicyclic amines) is 1. The molecule has 2 fully saturated rings. The number of benzene rings is 1. The normalized spacial score (nSPS) is 25.3. The van der Waals surface area contributed by atoms with Crippen LogP contribution in [0.5, 0.6) is 0 Å². The molecule has 0 saturated carbocycles. The number of allylic oxidation sites excluding steroid dienone is 3. The van der Waals surface area contributed by atoms with E-state index in [-0.39, 0.29) is 6.42 Å². The van der Waals surface area contributed by atoms with Crippen LogP contribution in [0.4, 0.5) is 0 Å². The molecule has 2 aliphatic rings. The zero-order valence-electron chi connectivity index (χ0n) is 15.0. The number of aliphatic carboxylic acids is 1. The number of hydrogen-bond donors (Lipinski definition) is 1. The fraction of sp³-hybridized carbons (Fsp3) is 0.263. The monoisotopic (exact) mass is 365 g/mol. The fourth-order valence-electron chi connectivity index (χ4n) is 3.70. The van der Waals surface area contributed by atoms with Gasteiger partial charge in [-0.25, -0.2) is 0 Å². The average Bonchev–Trinajstić information content (AvgIpc) is 3.02. The van der Waals surface area contributed by atoms with E-state index in [4.69, 9.17) is 5.11 Å². The van der Waals surface area contributed by atoms with Crippen LogP contribution in [0.2, 0.25) is 0 Å². The van der Waals surface area contributed by atoms with Gasteiger partial charge in [0.1, 0.15) is 6.54 Å². The molecule has 2 saturated heterocycles. The topological polar surface area (TPSA) is 95.0 Å². The van der Waals surface area contributed by atoms with Gasteiger partial charge in [0.15, 0.2) is 5.41 Å². The molecular weight excluding hydrogens is 347 g/mol. The van der Waals surface area contributed by atoms with Crippen molar-refractivity contribution >= 4 is 36.6 Å². The number of hydrogen-bond acceptors (Lipinski definition) is 4. The molecule has 1 unspecified atom stereocenters. The van der Waals surface area contributed by atoms with Crippen molar-refractivity contribution in [3.8, 4) is 0 Å². The maximum absolute atomic E-state index is 13.3. The Kier molecular flexibility index (Phi) is 4.74. The molecule has 7 nitrogen and oxygen atoms in total. The number of amides is 3. The van der Waals surface area contributed by atoms with E-state index in [1.54, 1.807) is 33.4 Å². The molecule has 0 bridgehead atoms. The number of carboxylic acids is 1. The molecule has 3 amide bonds. The first-order valence-electron chi connectivity index (χ1n) is 8.50. The number of carboxylic acid groups (broad SMARTS) is 1. The van der Waals surface area contributed by atoms with Crippen molar-refractivity contribution in [2.45, 2.75) is 20.3 Å². The summed E-state index contributed by atoms with van der Waals surface area (Å²) < 4.78 is 0. The standard InChI is InChI=1S/C19H18BN2O5/c1-3-13-14(4-2)22(20-12-8-6-5-7-9-12)18(27)19(13)10-15(23)21(17(19)26)11-16(24)25/h3-9H,10-11H2,1-2H3,(H,24,25)/b13-3?,14-4+. The highest BCUT2D eigenvalue weighted by Crippen LogP contribution is 2.50. The maximum Gasteiger partial charge on any atom is 0.323 e. The van der Waals surface area contributed by atoms with Gasteiger partial charge in [-0.15, -0.1) is 0 Å². The van der Waals surface area contributed by atoms with Crippen molar-refractivity contribution in [3.63, 3.8) is 0 Å². The number of nitrogens with zero attached hydrogens (tertiary/aromatic N) is 2. The van der Waals surface area contributed by atoms with Crippen molar-refractivity contribution in [2.75, 3.05) is 6.54 Å². The second-order valence-electron chi connectivity index (χ2n) is 6.35. The Labute approximate surface area is 157 Å². The summed E-state index contributed by atoms with van der Waals surface area (Å²) in [6, 6.07) is 9.14. The van der Waals surface area contributed by atoms with E-state index in [1.807, 2.05) is 30.3 Å². The molecule has 3 rings (SSSR count). The minimum atomic E-state index is -1.70. The lowest BCUT2D eigenvalue weighted by Crippen LogP contribution is -2.45. The Morgan fingerprint density at radius 1 is 1.15 bits per heavy atom. The lowest BCUT2D eigenvalue weighted by atomic mass is 9.78. The van der Waals surface area contributed by atoms with E-state index < -0.39 is 35.7 Å². The van der Waals surface area contributed by atoms with Crippen LogP contribution in [-0.4, -0.2) is 52.5 Å². The third-order valence-corrected chi connectivity index (χ3v) is 4.84. The Bertz CT molecular complexity index is 893. The predicted octanol–water partition coefficient (Wildman–Crippen LogP) is 0.453. The number of carbonyl (C=O) groups is 4. The molecule has 1 spiro atoms. The molecule has 0 aliphatic carbocycles.